The first kappa shape index (κ1) is 11.3. The number of carboxylic acid groups (broad SMARTS) is 1. The lowest BCUT2D eigenvalue weighted by Crippen LogP contribution is -2.32. The van der Waals surface area contributed by atoms with Gasteiger partial charge in [-0.3, -0.25) is 4.79 Å². The summed E-state index contributed by atoms with van der Waals surface area (Å²) in [5.74, 6) is -0.984. The molecule has 88 valence electrons. The molecule has 0 aliphatic carbocycles. The molecule has 1 aromatic carbocycles. The summed E-state index contributed by atoms with van der Waals surface area (Å²) in [5.41, 5.74) is 8.31. The molecule has 0 saturated heterocycles. The van der Waals surface area contributed by atoms with Crippen molar-refractivity contribution in [2.75, 3.05) is 0 Å². The molecule has 1 heterocycles. The maximum absolute atomic E-state index is 10.6. The second kappa shape index (κ2) is 4.80. The number of aromatic amines is 1. The van der Waals surface area contributed by atoms with Crippen molar-refractivity contribution < 1.29 is 9.90 Å². The predicted molar refractivity (Wildman–Crippen MR) is 63.3 cm³/mol. The number of H-pyrrole nitrogens is 1. The van der Waals surface area contributed by atoms with E-state index in [0.29, 0.717) is 6.42 Å². The molecule has 2 aromatic rings. The maximum atomic E-state index is 10.6. The third kappa shape index (κ3) is 2.70. The Morgan fingerprint density at radius 1 is 1.41 bits per heavy atom. The highest BCUT2D eigenvalue weighted by Crippen LogP contribution is 2.16. The summed E-state index contributed by atoms with van der Waals surface area (Å²) in [4.78, 5) is 17.6. The van der Waals surface area contributed by atoms with Crippen LogP contribution in [0.4, 0.5) is 0 Å². The number of nitrogens with two attached hydrogens (primary N) is 1. The normalized spacial score (nSPS) is 12.3. The highest BCUT2D eigenvalue weighted by Gasteiger charge is 2.11. The van der Waals surface area contributed by atoms with E-state index in [2.05, 4.69) is 9.97 Å². The van der Waals surface area contributed by atoms with Gasteiger partial charge in [0.05, 0.1) is 18.2 Å². The van der Waals surface area contributed by atoms with Crippen LogP contribution in [0.25, 0.3) is 11.3 Å². The number of carbonyl (C=O) groups is 1. The van der Waals surface area contributed by atoms with Crippen LogP contribution < -0.4 is 5.73 Å². The quantitative estimate of drug-likeness (QED) is 0.732. The van der Waals surface area contributed by atoms with E-state index in [1.165, 1.54) is 0 Å². The van der Waals surface area contributed by atoms with E-state index in [4.69, 9.17) is 10.8 Å². The molecule has 5 heteroatoms. The first-order valence-electron chi connectivity index (χ1n) is 5.23. The smallest absolute Gasteiger partial charge is 0.320 e. The third-order valence-corrected chi connectivity index (χ3v) is 2.54. The molecular formula is C12H13N3O2. The second-order valence-corrected chi connectivity index (χ2v) is 3.81. The van der Waals surface area contributed by atoms with Gasteiger partial charge in [-0.1, -0.05) is 24.3 Å². The number of aromatic nitrogens is 2. The summed E-state index contributed by atoms with van der Waals surface area (Å²) in [6.07, 6.45) is 3.68. The van der Waals surface area contributed by atoms with E-state index >= 15 is 0 Å². The van der Waals surface area contributed by atoms with Crippen LogP contribution in [0.15, 0.2) is 36.8 Å². The Labute approximate surface area is 98.3 Å². The van der Waals surface area contributed by atoms with Crippen LogP contribution in [0.1, 0.15) is 5.56 Å². The number of benzene rings is 1. The van der Waals surface area contributed by atoms with Crippen LogP contribution in [0.3, 0.4) is 0 Å². The zero-order valence-corrected chi connectivity index (χ0v) is 9.13. The number of nitrogens with one attached hydrogen (secondary N) is 1. The minimum absolute atomic E-state index is 0.332. The van der Waals surface area contributed by atoms with Crippen LogP contribution in [0, 0.1) is 0 Å². The van der Waals surface area contributed by atoms with Crippen molar-refractivity contribution in [1.82, 2.24) is 9.97 Å². The van der Waals surface area contributed by atoms with E-state index in [9.17, 15) is 4.79 Å². The maximum Gasteiger partial charge on any atom is 0.320 e. The Morgan fingerprint density at radius 2 is 2.12 bits per heavy atom. The van der Waals surface area contributed by atoms with Gasteiger partial charge in [0.2, 0.25) is 0 Å². The molecular weight excluding hydrogens is 218 g/mol. The van der Waals surface area contributed by atoms with Gasteiger partial charge in [0.15, 0.2) is 0 Å². The molecule has 0 fully saturated rings. The molecule has 1 aromatic heterocycles. The third-order valence-electron chi connectivity index (χ3n) is 2.54. The van der Waals surface area contributed by atoms with Gasteiger partial charge < -0.3 is 15.8 Å². The molecule has 0 spiro atoms. The van der Waals surface area contributed by atoms with Gasteiger partial charge in [0, 0.05) is 0 Å². The fourth-order valence-electron chi connectivity index (χ4n) is 1.58. The predicted octanol–water partition coefficient (Wildman–Crippen LogP) is 1.03. The molecule has 0 aliphatic rings. The van der Waals surface area contributed by atoms with Gasteiger partial charge in [-0.05, 0) is 17.5 Å². The van der Waals surface area contributed by atoms with Gasteiger partial charge >= 0.3 is 5.97 Å². The molecule has 4 N–H and O–H groups in total. The van der Waals surface area contributed by atoms with Crippen molar-refractivity contribution in [1.29, 1.82) is 0 Å². The Bertz CT molecular complexity index is 491. The van der Waals surface area contributed by atoms with Crippen LogP contribution >= 0.6 is 0 Å². The highest BCUT2D eigenvalue weighted by molar-refractivity contribution is 5.73. The van der Waals surface area contributed by atoms with Crippen molar-refractivity contribution >= 4 is 5.97 Å². The summed E-state index contributed by atoms with van der Waals surface area (Å²) in [7, 11) is 0. The zero-order valence-electron chi connectivity index (χ0n) is 9.13. The summed E-state index contributed by atoms with van der Waals surface area (Å²) in [6.45, 7) is 0. The summed E-state index contributed by atoms with van der Waals surface area (Å²) >= 11 is 0. The minimum atomic E-state index is -0.984. The fraction of sp³-hybridized carbons (Fsp3) is 0.167. The molecule has 0 amide bonds. The number of imidazole rings is 1. The summed E-state index contributed by atoms with van der Waals surface area (Å²) in [6, 6.07) is 6.72. The second-order valence-electron chi connectivity index (χ2n) is 3.81. The van der Waals surface area contributed by atoms with E-state index in [-0.39, 0.29) is 0 Å². The van der Waals surface area contributed by atoms with Gasteiger partial charge in [0.1, 0.15) is 6.04 Å². The molecule has 0 aliphatic heterocycles. The van der Waals surface area contributed by atoms with Crippen molar-refractivity contribution in [3.8, 4) is 11.3 Å². The Kier molecular flexibility index (Phi) is 3.20. The molecule has 0 bridgehead atoms. The number of aliphatic carboxylic acids is 1. The lowest BCUT2D eigenvalue weighted by atomic mass is 10.0. The van der Waals surface area contributed by atoms with E-state index in [0.717, 1.165) is 16.8 Å². The summed E-state index contributed by atoms with van der Waals surface area (Å²) in [5, 5.41) is 8.71. The Hall–Kier alpha value is -2.14. The number of carboxylic acids is 1. The Morgan fingerprint density at radius 3 is 2.65 bits per heavy atom. The average Bonchev–Trinajstić information content (AvgIpc) is 2.83. The van der Waals surface area contributed by atoms with E-state index < -0.39 is 12.0 Å². The molecule has 5 nitrogen and oxygen atoms in total. The Balaban J connectivity index is 2.11. The first-order chi connectivity index (χ1) is 8.16. The van der Waals surface area contributed by atoms with Gasteiger partial charge in [-0.15, -0.1) is 0 Å². The molecule has 1 atom stereocenters. The molecule has 17 heavy (non-hydrogen) atoms. The monoisotopic (exact) mass is 231 g/mol. The molecule has 0 radical (unpaired) electrons. The SMILES string of the molecule is NC(Cc1ccc(-c2cnc[nH]2)cc1)C(=O)O. The topological polar surface area (TPSA) is 92.0 Å². The van der Waals surface area contributed by atoms with E-state index in [1.54, 1.807) is 12.5 Å². The molecule has 0 saturated carbocycles. The lowest BCUT2D eigenvalue weighted by Gasteiger charge is -2.06. The van der Waals surface area contributed by atoms with Crippen molar-refractivity contribution in [3.05, 3.63) is 42.4 Å². The van der Waals surface area contributed by atoms with Crippen LogP contribution in [0.2, 0.25) is 0 Å². The largest absolute Gasteiger partial charge is 0.480 e. The fourth-order valence-corrected chi connectivity index (χ4v) is 1.58. The van der Waals surface area contributed by atoms with Crippen LogP contribution in [0.5, 0.6) is 0 Å². The van der Waals surface area contributed by atoms with Crippen LogP contribution in [-0.2, 0) is 11.2 Å². The van der Waals surface area contributed by atoms with Crippen molar-refractivity contribution in [2.24, 2.45) is 5.73 Å². The molecule has 2 rings (SSSR count). The van der Waals surface area contributed by atoms with Gasteiger partial charge in [-0.25, -0.2) is 4.98 Å². The van der Waals surface area contributed by atoms with Crippen molar-refractivity contribution in [2.45, 2.75) is 12.5 Å². The number of hydrogen-bond donors (Lipinski definition) is 3. The molecule has 1 unspecified atom stereocenters. The summed E-state index contributed by atoms with van der Waals surface area (Å²) < 4.78 is 0. The lowest BCUT2D eigenvalue weighted by molar-refractivity contribution is -0.138. The van der Waals surface area contributed by atoms with Gasteiger partial charge in [-0.2, -0.15) is 0 Å². The number of hydrogen-bond acceptors (Lipinski definition) is 3. The average molecular weight is 231 g/mol. The number of rotatable bonds is 4. The minimum Gasteiger partial charge on any atom is -0.480 e. The van der Waals surface area contributed by atoms with Gasteiger partial charge in [0.25, 0.3) is 0 Å². The van der Waals surface area contributed by atoms with Crippen molar-refractivity contribution in [3.63, 3.8) is 0 Å². The highest BCUT2D eigenvalue weighted by atomic mass is 16.4. The van der Waals surface area contributed by atoms with E-state index in [1.807, 2.05) is 24.3 Å². The number of nitrogens with zero attached hydrogens (tertiary/aromatic N) is 1. The van der Waals surface area contributed by atoms with Crippen LogP contribution in [-0.4, -0.2) is 27.1 Å². The zero-order chi connectivity index (χ0) is 12.3. The first-order valence-corrected chi connectivity index (χ1v) is 5.23. The standard InChI is InChI=1S/C12H13N3O2/c13-10(12(16)17)5-8-1-3-9(4-2-8)11-6-14-7-15-11/h1-4,6-7,10H,5,13H2,(H,14,15)(H,16,17).